The topological polar surface area (TPSA) is 139 Å². The van der Waals surface area contributed by atoms with E-state index in [0.717, 1.165) is 51.4 Å². The number of unbranched alkanes of at least 4 members (excludes halogenated alkanes) is 2. The van der Waals surface area contributed by atoms with Gasteiger partial charge in [-0.25, -0.2) is 0 Å². The van der Waals surface area contributed by atoms with Crippen molar-refractivity contribution in [3.63, 3.8) is 0 Å². The Balaban J connectivity index is -0.000000677. The molecule has 3 atom stereocenters. The fourth-order valence-electron chi connectivity index (χ4n) is 3.83. The number of carbonyl (C=O) groups is 2. The van der Waals surface area contributed by atoms with E-state index < -0.39 is 6.10 Å². The molecule has 0 aromatic heterocycles. The predicted octanol–water partition coefficient (Wildman–Crippen LogP) is 4.35. The van der Waals surface area contributed by atoms with E-state index in [-0.39, 0.29) is 47.1 Å². The van der Waals surface area contributed by atoms with Crippen LogP contribution in [0.4, 0.5) is 0 Å². The maximum Gasteiger partial charge on any atom is 2.00 e. The molecule has 3 radical (unpaired) electrons. The average molecular weight is 548 g/mol. The van der Waals surface area contributed by atoms with Gasteiger partial charge in [0.05, 0.1) is 6.10 Å². The Morgan fingerprint density at radius 2 is 1.44 bits per heavy atom. The Morgan fingerprint density at radius 1 is 0.917 bits per heavy atom. The second kappa shape index (κ2) is 31.2. The fraction of sp³-hybridized carbons (Fsp3) is 0.654. The largest absolute Gasteiger partial charge is 2.00 e. The Labute approximate surface area is 226 Å². The molecular formula is C26H36FeO9+. The van der Waals surface area contributed by atoms with Crippen molar-refractivity contribution in [3.8, 4) is 0 Å². The number of hydrogen-bond acceptors (Lipinski definition) is 6. The number of ether oxygens (including phenoxy) is 3. The summed E-state index contributed by atoms with van der Waals surface area (Å²) in [6.07, 6.45) is 13.9. The summed E-state index contributed by atoms with van der Waals surface area (Å²) in [6, 6.07) is 0. The number of hydrogen-bond donors (Lipinski definition) is 0. The quantitative estimate of drug-likeness (QED) is 0.0745. The summed E-state index contributed by atoms with van der Waals surface area (Å²) < 4.78 is 38.5. The first-order valence-electron chi connectivity index (χ1n) is 11.5. The standard InChI is InChI=1S/C23H36O6.3CO.Fe/c1-4-5-7-13-21(27-17-24)14-10-15-22(28-18(2)25)16-23(29-19(3)26)20-11-8-6-9-12-20;3*1-2;/h10,14-15,20-23H,4-9,11-13,16H2,1-3H3;;;;/q-1;;;;+2/t21-,22-,23-;;;;/m1..../s1. The number of esters is 2. The van der Waals surface area contributed by atoms with E-state index in [0.29, 0.717) is 6.42 Å². The summed E-state index contributed by atoms with van der Waals surface area (Å²) in [7, 11) is 0. The molecule has 1 aliphatic rings. The van der Waals surface area contributed by atoms with Crippen LogP contribution >= 0.6 is 0 Å². The summed E-state index contributed by atoms with van der Waals surface area (Å²) >= 11 is 0. The maximum atomic E-state index is 11.6. The Hall–Kier alpha value is -1.85. The Morgan fingerprint density at radius 3 is 1.92 bits per heavy atom. The second-order valence-electron chi connectivity index (χ2n) is 7.74. The molecule has 201 valence electrons. The van der Waals surface area contributed by atoms with Crippen molar-refractivity contribution in [2.24, 2.45) is 5.92 Å². The zero-order valence-corrected chi connectivity index (χ0v) is 22.2. The van der Waals surface area contributed by atoms with Gasteiger partial charge in [0.15, 0.2) is 0 Å². The van der Waals surface area contributed by atoms with E-state index in [1.165, 1.54) is 26.7 Å². The molecule has 1 aliphatic carbocycles. The first-order chi connectivity index (χ1) is 17.0. The minimum atomic E-state index is -0.508. The smallest absolute Gasteiger partial charge is 2.00 e. The third-order valence-electron chi connectivity index (χ3n) is 5.22. The van der Waals surface area contributed by atoms with Crippen LogP contribution in [0.1, 0.15) is 85.0 Å². The summed E-state index contributed by atoms with van der Waals surface area (Å²) in [5, 5.41) is 0. The van der Waals surface area contributed by atoms with Crippen LogP contribution in [0.5, 0.6) is 0 Å². The van der Waals surface area contributed by atoms with E-state index in [4.69, 9.17) is 28.2 Å². The molecule has 0 aliphatic heterocycles. The monoisotopic (exact) mass is 548 g/mol. The number of carbonyl (C=O) groups excluding carboxylic acids is 3. The molecule has 10 heteroatoms. The van der Waals surface area contributed by atoms with Crippen molar-refractivity contribution >= 4 is 18.4 Å². The summed E-state index contributed by atoms with van der Waals surface area (Å²) in [4.78, 5) is 33.8. The summed E-state index contributed by atoms with van der Waals surface area (Å²) in [5.74, 6) is -0.414. The van der Waals surface area contributed by atoms with Crippen LogP contribution in [0, 0.1) is 45.1 Å². The van der Waals surface area contributed by atoms with Gasteiger partial charge >= 0.3 is 62.9 Å². The molecule has 0 unspecified atom stereocenters. The Bertz CT molecular complexity index is 584. The van der Waals surface area contributed by atoms with Crippen LogP contribution in [-0.2, 0) is 59.6 Å². The Kier molecular flexibility index (Phi) is 35.8. The van der Waals surface area contributed by atoms with Gasteiger partial charge in [0.2, 0.25) is 0 Å². The van der Waals surface area contributed by atoms with Crippen LogP contribution in [0.15, 0.2) is 0 Å². The minimum Gasteiger partial charge on any atom is 2.00 e. The second-order valence-corrected chi connectivity index (χ2v) is 7.74. The average Bonchev–Trinajstić information content (AvgIpc) is 2.87. The summed E-state index contributed by atoms with van der Waals surface area (Å²) in [5.41, 5.74) is 0. The van der Waals surface area contributed by atoms with Gasteiger partial charge in [0.1, 0.15) is 12.2 Å². The van der Waals surface area contributed by atoms with Crippen LogP contribution < -0.4 is 0 Å². The van der Waals surface area contributed by atoms with Crippen molar-refractivity contribution in [1.82, 2.24) is 0 Å². The third kappa shape index (κ3) is 23.9. The van der Waals surface area contributed by atoms with Crippen molar-refractivity contribution in [3.05, 3.63) is 39.2 Å². The maximum absolute atomic E-state index is 11.6. The molecule has 9 nitrogen and oxygen atoms in total. The van der Waals surface area contributed by atoms with Crippen LogP contribution in [0.3, 0.4) is 0 Å². The van der Waals surface area contributed by atoms with E-state index in [2.05, 4.69) is 26.9 Å². The zero-order chi connectivity index (χ0) is 27.5. The van der Waals surface area contributed by atoms with Gasteiger partial charge in [-0.1, -0.05) is 45.5 Å². The van der Waals surface area contributed by atoms with Crippen molar-refractivity contribution in [2.75, 3.05) is 0 Å². The zero-order valence-electron chi connectivity index (χ0n) is 21.1. The van der Waals surface area contributed by atoms with Crippen molar-refractivity contribution in [1.29, 1.82) is 0 Å². The van der Waals surface area contributed by atoms with Gasteiger partial charge in [0.25, 0.3) is 0 Å². The molecule has 0 aromatic carbocycles. The molecule has 0 amide bonds. The molecule has 1 rings (SSSR count). The third-order valence-corrected chi connectivity index (χ3v) is 5.22. The number of rotatable bonds is 15. The first kappa shape index (κ1) is 41.3. The SMILES string of the molecule is CCCCC[C@H]([CH][CH][CH][C@H](C[C@@H](OC(C)=O)C1CCCCC1)OC(C)=O)O[C-]=O.[C-]#[O+].[C-]#[O+].[C-]#[O+].[Fe+2]. The van der Waals surface area contributed by atoms with Gasteiger partial charge in [-0.2, -0.15) is 0 Å². The molecule has 0 bridgehead atoms. The van der Waals surface area contributed by atoms with E-state index in [9.17, 15) is 14.4 Å². The molecule has 0 aromatic rings. The van der Waals surface area contributed by atoms with Gasteiger partial charge in [-0.3, -0.25) is 9.59 Å². The molecule has 36 heavy (non-hydrogen) atoms. The molecular weight excluding hydrogens is 512 g/mol. The normalized spacial score (nSPS) is 14.5. The van der Waals surface area contributed by atoms with E-state index in [1.54, 1.807) is 19.3 Å². The molecule has 1 saturated carbocycles. The minimum absolute atomic E-state index is 0. The molecule has 0 spiro atoms. The first-order valence-corrected chi connectivity index (χ1v) is 11.5. The van der Waals surface area contributed by atoms with Crippen LogP contribution in [0.2, 0.25) is 0 Å². The van der Waals surface area contributed by atoms with Crippen molar-refractivity contribution in [2.45, 2.75) is 103 Å². The van der Waals surface area contributed by atoms with Crippen molar-refractivity contribution < 1.29 is 59.6 Å². The van der Waals surface area contributed by atoms with Crippen LogP contribution in [-0.4, -0.2) is 36.7 Å². The van der Waals surface area contributed by atoms with E-state index >= 15 is 0 Å². The van der Waals surface area contributed by atoms with Gasteiger partial charge in [0, 0.05) is 33.1 Å². The summed E-state index contributed by atoms with van der Waals surface area (Å²) in [6.45, 7) is 19.9. The predicted molar refractivity (Wildman–Crippen MR) is 122 cm³/mol. The molecule has 0 saturated heterocycles. The van der Waals surface area contributed by atoms with Gasteiger partial charge in [-0.05, 0) is 38.0 Å². The van der Waals surface area contributed by atoms with Gasteiger partial charge < -0.3 is 19.0 Å². The molecule has 1 fully saturated rings. The van der Waals surface area contributed by atoms with Gasteiger partial charge in [-0.15, -0.1) is 0 Å². The molecule has 0 N–H and O–H groups in total. The fourth-order valence-corrected chi connectivity index (χ4v) is 3.83. The molecule has 0 heterocycles. The van der Waals surface area contributed by atoms with Crippen LogP contribution in [0.25, 0.3) is 0 Å². The van der Waals surface area contributed by atoms with E-state index in [1.807, 2.05) is 0 Å².